The van der Waals surface area contributed by atoms with E-state index in [2.05, 4.69) is 3.07 Å². The molecule has 0 aromatic rings. The number of hydrogen-bond acceptors (Lipinski definition) is 1. The van der Waals surface area contributed by atoms with Crippen LogP contribution >= 0.6 is 0 Å². The van der Waals surface area contributed by atoms with Crippen molar-refractivity contribution in [2.75, 3.05) is 6.61 Å². The average Bonchev–Trinajstić information content (AvgIpc) is 2.72. The molecular weight excluding hydrogens is 786 g/mol. The van der Waals surface area contributed by atoms with E-state index in [4.69, 9.17) is 0 Å². The molecule has 266 valence electrons. The van der Waals surface area contributed by atoms with E-state index >= 15 is 26.3 Å². The van der Waals surface area contributed by atoms with Gasteiger partial charge >= 0.3 is 240 Å². The molecule has 0 aromatic carbocycles. The molecule has 1 nitrogen and oxygen atoms in total. The van der Waals surface area contributed by atoms with Gasteiger partial charge in [-0.25, -0.2) is 0 Å². The number of halogens is 21. The van der Waals surface area contributed by atoms with E-state index in [-0.39, 0.29) is 12.8 Å². The van der Waals surface area contributed by atoms with Crippen molar-refractivity contribution in [1.82, 2.24) is 0 Å². The van der Waals surface area contributed by atoms with Crippen LogP contribution in [0.3, 0.4) is 0 Å². The van der Waals surface area contributed by atoms with Crippen molar-refractivity contribution in [2.24, 2.45) is 0 Å². The zero-order valence-electron chi connectivity index (χ0n) is 22.1. The molecular formula is C21H25F21OSn. The third-order valence-electron chi connectivity index (χ3n) is 6.04. The van der Waals surface area contributed by atoms with Crippen LogP contribution < -0.4 is 0 Å². The van der Waals surface area contributed by atoms with Crippen molar-refractivity contribution in [3.05, 3.63) is 0 Å². The van der Waals surface area contributed by atoms with Crippen LogP contribution in [0.4, 0.5) is 92.2 Å². The van der Waals surface area contributed by atoms with Gasteiger partial charge in [0.2, 0.25) is 0 Å². The molecule has 0 spiro atoms. The third kappa shape index (κ3) is 9.90. The Balaban J connectivity index is 7.71. The molecule has 0 rings (SSSR count). The molecule has 0 aliphatic rings. The fourth-order valence-electron chi connectivity index (χ4n) is 4.01. The van der Waals surface area contributed by atoms with Crippen molar-refractivity contribution >= 4 is 18.8 Å². The summed E-state index contributed by atoms with van der Waals surface area (Å²) in [6, 6.07) is 0. The van der Waals surface area contributed by atoms with Crippen LogP contribution in [0.25, 0.3) is 0 Å². The first-order valence-electron chi connectivity index (χ1n) is 12.3. The number of hydrogen-bond donors (Lipinski definition) is 0. The fourth-order valence-corrected chi connectivity index (χ4v) is 15.4. The van der Waals surface area contributed by atoms with Crippen LogP contribution in [0.2, 0.25) is 0 Å². The van der Waals surface area contributed by atoms with Gasteiger partial charge in [-0.15, -0.1) is 0 Å². The molecule has 44 heavy (non-hydrogen) atoms. The predicted octanol–water partition coefficient (Wildman–Crippen LogP) is 11.0. The SMILES string of the molecule is CCCCCCCCC[O][Sn]([C](F)(F)C(F)(F)CC(F)(F)F)([C](F)(F)C(F)(F)CC(F)(F)F)[C](F)(F)C(F)(F)CC(F)(F)F. The molecule has 0 bridgehead atoms. The van der Waals surface area contributed by atoms with E-state index < -0.39 is 106 Å². The molecule has 23 heteroatoms. The van der Waals surface area contributed by atoms with E-state index in [9.17, 15) is 65.9 Å². The quantitative estimate of drug-likeness (QED) is 0.0761. The summed E-state index contributed by atoms with van der Waals surface area (Å²) in [4.78, 5) is 0. The standard InChI is InChI=1S/C9H19O.3C4H2F7.Sn/c1-2-3-4-5-6-7-8-9-10;3*5-2(6)3(7,8)1-4(9,10)11;/h2-9H2,1H3;3*1H2;/q-1;;;;+1. The van der Waals surface area contributed by atoms with Crippen LogP contribution in [-0.2, 0) is 3.07 Å². The van der Waals surface area contributed by atoms with E-state index in [1.807, 2.05) is 0 Å². The fraction of sp³-hybridized carbons (Fsp3) is 1.00. The molecule has 0 unspecified atom stereocenters. The van der Waals surface area contributed by atoms with Crippen molar-refractivity contribution < 1.29 is 95.3 Å². The summed E-state index contributed by atoms with van der Waals surface area (Å²) in [6.07, 6.45) is -33.6. The van der Waals surface area contributed by atoms with Crippen molar-refractivity contribution in [1.29, 1.82) is 0 Å². The second-order valence-corrected chi connectivity index (χ2v) is 20.0. The second kappa shape index (κ2) is 14.2. The number of alkyl halides is 21. The Bertz CT molecular complexity index is 792. The number of unbranched alkanes of at least 4 members (excludes halogenated alkanes) is 6. The van der Waals surface area contributed by atoms with Crippen molar-refractivity contribution in [3.63, 3.8) is 0 Å². The Labute approximate surface area is 240 Å². The minimum absolute atomic E-state index is 0.103. The van der Waals surface area contributed by atoms with Gasteiger partial charge in [-0.1, -0.05) is 0 Å². The Morgan fingerprint density at radius 1 is 0.386 bits per heavy atom. The van der Waals surface area contributed by atoms with Crippen molar-refractivity contribution in [2.45, 2.75) is 119 Å². The molecule has 0 saturated carbocycles. The normalized spacial score (nSPS) is 15.7. The Morgan fingerprint density at radius 2 is 0.636 bits per heavy atom. The van der Waals surface area contributed by atoms with E-state index in [1.54, 1.807) is 6.92 Å². The zero-order chi connectivity index (χ0) is 35.5. The van der Waals surface area contributed by atoms with Crippen LogP contribution in [0.15, 0.2) is 0 Å². The van der Waals surface area contributed by atoms with Crippen LogP contribution in [-0.4, -0.2) is 73.5 Å². The molecule has 0 aliphatic heterocycles. The summed E-state index contributed by atoms with van der Waals surface area (Å²) in [5.41, 5.74) is 0. The summed E-state index contributed by atoms with van der Waals surface area (Å²) in [7, 11) is 0. The average molecular weight is 811 g/mol. The summed E-state index contributed by atoms with van der Waals surface area (Å²) in [5, 5.41) is 0. The molecule has 0 amide bonds. The van der Waals surface area contributed by atoms with Crippen molar-refractivity contribution in [3.8, 4) is 0 Å². The summed E-state index contributed by atoms with van der Waals surface area (Å²) in [5.74, 6) is -22.6. The van der Waals surface area contributed by atoms with Gasteiger partial charge < -0.3 is 0 Å². The number of rotatable bonds is 18. The summed E-state index contributed by atoms with van der Waals surface area (Å²) in [6.45, 7) is -0.643. The van der Waals surface area contributed by atoms with Gasteiger partial charge in [-0.3, -0.25) is 0 Å². The summed E-state index contributed by atoms with van der Waals surface area (Å²) >= 11 is -11.7. The van der Waals surface area contributed by atoms with Gasteiger partial charge in [0.1, 0.15) is 0 Å². The molecule has 0 saturated heterocycles. The van der Waals surface area contributed by atoms with Gasteiger partial charge in [0.15, 0.2) is 0 Å². The van der Waals surface area contributed by atoms with Gasteiger partial charge in [-0.05, 0) is 0 Å². The summed E-state index contributed by atoms with van der Waals surface area (Å²) < 4.78 is 270. The van der Waals surface area contributed by atoms with Crippen LogP contribution in [0, 0.1) is 0 Å². The van der Waals surface area contributed by atoms with E-state index in [0.717, 1.165) is 0 Å². The topological polar surface area (TPSA) is 9.23 Å². The maximum absolute atomic E-state index is 15.2. The van der Waals surface area contributed by atoms with E-state index in [1.165, 1.54) is 0 Å². The first-order chi connectivity index (χ1) is 19.2. The molecule has 0 N–H and O–H groups in total. The minimum atomic E-state index is -11.7. The monoisotopic (exact) mass is 812 g/mol. The molecule has 0 radical (unpaired) electrons. The van der Waals surface area contributed by atoms with Gasteiger partial charge in [-0.2, -0.15) is 0 Å². The van der Waals surface area contributed by atoms with Gasteiger partial charge in [0.25, 0.3) is 0 Å². The molecule has 0 fully saturated rings. The van der Waals surface area contributed by atoms with Gasteiger partial charge in [0, 0.05) is 0 Å². The second-order valence-electron chi connectivity index (χ2n) is 9.86. The maximum atomic E-state index is 15.2. The Hall–Kier alpha value is -0.711. The Morgan fingerprint density at radius 3 is 0.886 bits per heavy atom. The molecule has 0 aromatic heterocycles. The molecule has 0 heterocycles. The first-order valence-corrected chi connectivity index (χ1v) is 17.7. The third-order valence-corrected chi connectivity index (χ3v) is 18.6. The molecule has 0 aliphatic carbocycles. The van der Waals surface area contributed by atoms with E-state index in [0.29, 0.717) is 19.3 Å². The first kappa shape index (κ1) is 43.3. The van der Waals surface area contributed by atoms with Crippen LogP contribution in [0.1, 0.15) is 71.1 Å². The zero-order valence-corrected chi connectivity index (χ0v) is 25.0. The van der Waals surface area contributed by atoms with Crippen LogP contribution in [0.5, 0.6) is 0 Å². The Kier molecular flexibility index (Phi) is 14.0. The predicted molar refractivity (Wildman–Crippen MR) is 111 cm³/mol. The van der Waals surface area contributed by atoms with Gasteiger partial charge in [0.05, 0.1) is 0 Å². The molecule has 0 atom stereocenters.